The maximum Gasteiger partial charge on any atom is 0.247 e. The topological polar surface area (TPSA) is 50.2 Å². The van der Waals surface area contributed by atoms with E-state index in [9.17, 15) is 4.79 Å². The van der Waals surface area contributed by atoms with Gasteiger partial charge in [0.2, 0.25) is 5.91 Å². The van der Waals surface area contributed by atoms with Crippen molar-refractivity contribution in [1.82, 2.24) is 9.55 Å². The molecule has 0 saturated carbocycles. The summed E-state index contributed by atoms with van der Waals surface area (Å²) in [6, 6.07) is 7.48. The summed E-state index contributed by atoms with van der Waals surface area (Å²) in [5.74, 6) is 6.16. The van der Waals surface area contributed by atoms with Crippen LogP contribution in [0.1, 0.15) is 11.1 Å². The number of nitrogens with zero attached hydrogens (tertiary/aromatic N) is 3. The second-order valence-corrected chi connectivity index (χ2v) is 6.68. The Morgan fingerprint density at radius 1 is 1.30 bits per heavy atom. The van der Waals surface area contributed by atoms with E-state index in [0.717, 1.165) is 27.8 Å². The van der Waals surface area contributed by atoms with Crippen molar-refractivity contribution in [1.29, 1.82) is 0 Å². The number of fused-ring (bicyclic) bond motifs is 1. The lowest BCUT2D eigenvalue weighted by Crippen LogP contribution is -2.10. The van der Waals surface area contributed by atoms with E-state index in [1.165, 1.54) is 6.08 Å². The summed E-state index contributed by atoms with van der Waals surface area (Å²) < 4.78 is 1.91. The molecule has 0 saturated heterocycles. The van der Waals surface area contributed by atoms with Gasteiger partial charge in [-0.3, -0.25) is 4.79 Å². The second kappa shape index (κ2) is 7.56. The van der Waals surface area contributed by atoms with Crippen LogP contribution in [0.3, 0.4) is 0 Å². The van der Waals surface area contributed by atoms with Gasteiger partial charge in [-0.1, -0.05) is 30.0 Å². The maximum absolute atomic E-state index is 11.5. The normalized spacial score (nSPS) is 10.2. The van der Waals surface area contributed by atoms with Crippen LogP contribution in [0.5, 0.6) is 0 Å². The number of aryl methyl sites for hydroxylation is 1. The minimum atomic E-state index is -0.281. The van der Waals surface area contributed by atoms with Gasteiger partial charge < -0.3 is 14.8 Å². The summed E-state index contributed by atoms with van der Waals surface area (Å²) >= 11 is 6.10. The number of rotatable bonds is 3. The smallest absolute Gasteiger partial charge is 0.247 e. The number of pyridine rings is 1. The zero-order valence-corrected chi connectivity index (χ0v) is 16.1. The molecule has 1 N–H and O–H groups in total. The van der Waals surface area contributed by atoms with Gasteiger partial charge in [-0.15, -0.1) is 0 Å². The predicted octanol–water partition coefficient (Wildman–Crippen LogP) is 3.82. The molecule has 0 spiro atoms. The number of aromatic nitrogens is 2. The maximum atomic E-state index is 11.5. The predicted molar refractivity (Wildman–Crippen MR) is 111 cm³/mol. The van der Waals surface area contributed by atoms with E-state index in [1.54, 1.807) is 6.20 Å². The van der Waals surface area contributed by atoms with Gasteiger partial charge in [-0.2, -0.15) is 0 Å². The molecular formula is C21H19ClN4O. The second-order valence-electron chi connectivity index (χ2n) is 6.25. The SMILES string of the molecule is C=CC(=O)Nc1cnc2c(c1)c(C#Cc1ccc(Cl)cc1N(C)C)cn2C. The van der Waals surface area contributed by atoms with E-state index in [-0.39, 0.29) is 5.91 Å². The summed E-state index contributed by atoms with van der Waals surface area (Å²) in [7, 11) is 5.82. The summed E-state index contributed by atoms with van der Waals surface area (Å²) in [4.78, 5) is 17.9. The fourth-order valence-electron chi connectivity index (χ4n) is 2.74. The molecule has 3 aromatic rings. The van der Waals surface area contributed by atoms with Crippen molar-refractivity contribution in [3.63, 3.8) is 0 Å². The highest BCUT2D eigenvalue weighted by molar-refractivity contribution is 6.30. The molecule has 0 bridgehead atoms. The molecule has 0 aliphatic carbocycles. The third-order valence-electron chi connectivity index (χ3n) is 4.04. The molecule has 1 aromatic carbocycles. The number of anilines is 2. The molecule has 0 radical (unpaired) electrons. The zero-order chi connectivity index (χ0) is 19.6. The standard InChI is InChI=1S/C21H19ClN4O/c1-5-20(27)24-17-11-18-15(13-26(4)21(18)23-12-17)7-6-14-8-9-16(22)10-19(14)25(2)3/h5,8-13H,1H2,2-4H3,(H,24,27). The van der Waals surface area contributed by atoms with Crippen LogP contribution in [0.25, 0.3) is 11.0 Å². The molecule has 136 valence electrons. The minimum absolute atomic E-state index is 0.281. The number of carbonyl (C=O) groups excluding carboxylic acids is 1. The van der Waals surface area contributed by atoms with Crippen molar-refractivity contribution in [2.45, 2.75) is 0 Å². The van der Waals surface area contributed by atoms with E-state index in [0.29, 0.717) is 10.7 Å². The Bertz CT molecular complexity index is 1100. The van der Waals surface area contributed by atoms with Crippen LogP contribution in [-0.4, -0.2) is 29.6 Å². The van der Waals surface area contributed by atoms with E-state index >= 15 is 0 Å². The van der Waals surface area contributed by atoms with Crippen LogP contribution in [0.2, 0.25) is 5.02 Å². The lowest BCUT2D eigenvalue weighted by Gasteiger charge is -2.14. The third-order valence-corrected chi connectivity index (χ3v) is 4.28. The Morgan fingerprint density at radius 2 is 2.04 bits per heavy atom. The Morgan fingerprint density at radius 3 is 2.74 bits per heavy atom. The summed E-state index contributed by atoms with van der Waals surface area (Å²) in [5, 5.41) is 4.26. The fraction of sp³-hybridized carbons (Fsp3) is 0.143. The summed E-state index contributed by atoms with van der Waals surface area (Å²) in [6.45, 7) is 3.46. The first-order valence-corrected chi connectivity index (χ1v) is 8.64. The van der Waals surface area contributed by atoms with E-state index < -0.39 is 0 Å². The lowest BCUT2D eigenvalue weighted by molar-refractivity contribution is -0.111. The lowest BCUT2D eigenvalue weighted by atomic mass is 10.1. The third kappa shape index (κ3) is 3.97. The first kappa shape index (κ1) is 18.6. The molecule has 3 rings (SSSR count). The fourth-order valence-corrected chi connectivity index (χ4v) is 2.90. The number of amides is 1. The molecule has 0 atom stereocenters. The van der Waals surface area contributed by atoms with Crippen LogP contribution in [0.15, 0.2) is 49.3 Å². The van der Waals surface area contributed by atoms with E-state index in [4.69, 9.17) is 11.6 Å². The number of halogens is 1. The van der Waals surface area contributed by atoms with Gasteiger partial charge in [-0.05, 0) is 30.3 Å². The van der Waals surface area contributed by atoms with Crippen molar-refractivity contribution in [2.24, 2.45) is 7.05 Å². The summed E-state index contributed by atoms with van der Waals surface area (Å²) in [6.07, 6.45) is 4.76. The molecule has 0 aliphatic rings. The van der Waals surface area contributed by atoms with Gasteiger partial charge >= 0.3 is 0 Å². The first-order valence-electron chi connectivity index (χ1n) is 8.26. The van der Waals surface area contributed by atoms with Crippen molar-refractivity contribution in [2.75, 3.05) is 24.3 Å². The molecular weight excluding hydrogens is 360 g/mol. The highest BCUT2D eigenvalue weighted by atomic mass is 35.5. The van der Waals surface area contributed by atoms with Crippen LogP contribution in [0.4, 0.5) is 11.4 Å². The molecule has 1 amide bonds. The molecule has 27 heavy (non-hydrogen) atoms. The van der Waals surface area contributed by atoms with Crippen LogP contribution >= 0.6 is 11.6 Å². The van der Waals surface area contributed by atoms with Crippen LogP contribution in [-0.2, 0) is 11.8 Å². The minimum Gasteiger partial charge on any atom is -0.377 e. The number of carbonyl (C=O) groups is 1. The molecule has 2 aromatic heterocycles. The quantitative estimate of drug-likeness (QED) is 0.557. The average molecular weight is 379 g/mol. The van der Waals surface area contributed by atoms with Gasteiger partial charge in [0.15, 0.2) is 0 Å². The van der Waals surface area contributed by atoms with Crippen LogP contribution < -0.4 is 10.2 Å². The Hall–Kier alpha value is -3.23. The largest absolute Gasteiger partial charge is 0.377 e. The molecule has 5 nitrogen and oxygen atoms in total. The molecule has 0 fully saturated rings. The Labute approximate surface area is 163 Å². The first-order chi connectivity index (χ1) is 12.9. The average Bonchev–Trinajstić information content (AvgIpc) is 2.95. The number of hydrogen-bond donors (Lipinski definition) is 1. The summed E-state index contributed by atoms with van der Waals surface area (Å²) in [5.41, 5.74) is 4.05. The Balaban J connectivity index is 2.06. The van der Waals surface area contributed by atoms with Gasteiger partial charge in [0, 0.05) is 43.3 Å². The van der Waals surface area contributed by atoms with Gasteiger partial charge in [0.1, 0.15) is 5.65 Å². The van der Waals surface area contributed by atoms with E-state index in [2.05, 4.69) is 28.7 Å². The number of hydrogen-bond acceptors (Lipinski definition) is 3. The number of nitrogens with one attached hydrogen (secondary N) is 1. The van der Waals surface area contributed by atoms with Crippen LogP contribution in [0, 0.1) is 11.8 Å². The monoisotopic (exact) mass is 378 g/mol. The molecule has 2 heterocycles. The highest BCUT2D eigenvalue weighted by Crippen LogP contribution is 2.24. The molecule has 6 heteroatoms. The van der Waals surface area contributed by atoms with Gasteiger partial charge in [0.05, 0.1) is 23.1 Å². The van der Waals surface area contributed by atoms with Gasteiger partial charge in [0.25, 0.3) is 0 Å². The zero-order valence-electron chi connectivity index (χ0n) is 15.4. The Kier molecular flexibility index (Phi) is 5.20. The highest BCUT2D eigenvalue weighted by Gasteiger charge is 2.09. The van der Waals surface area contributed by atoms with Crippen molar-refractivity contribution >= 4 is 39.9 Å². The van der Waals surface area contributed by atoms with Crippen molar-refractivity contribution in [3.05, 3.63) is 65.5 Å². The molecule has 0 aliphatic heterocycles. The number of benzene rings is 1. The van der Waals surface area contributed by atoms with Crippen molar-refractivity contribution in [3.8, 4) is 11.8 Å². The van der Waals surface area contributed by atoms with E-state index in [1.807, 2.05) is 61.1 Å². The van der Waals surface area contributed by atoms with Crippen molar-refractivity contribution < 1.29 is 4.79 Å². The molecule has 0 unspecified atom stereocenters. The van der Waals surface area contributed by atoms with Gasteiger partial charge in [-0.25, -0.2) is 4.98 Å².